The molecule has 2 amide bonds. The molecule has 0 unspecified atom stereocenters. The van der Waals surface area contributed by atoms with Gasteiger partial charge in [-0.05, 0) is 42.3 Å². The molecule has 0 aliphatic carbocycles. The first-order valence-electron chi connectivity index (χ1n) is 8.58. The van der Waals surface area contributed by atoms with Crippen molar-refractivity contribution in [3.8, 4) is 11.5 Å². The molecule has 26 heavy (non-hydrogen) atoms. The minimum atomic E-state index is -0.0777. The van der Waals surface area contributed by atoms with Crippen molar-refractivity contribution in [2.75, 3.05) is 13.3 Å². The number of hydrogen-bond acceptors (Lipinski definition) is 4. The molecule has 2 aromatic carbocycles. The van der Waals surface area contributed by atoms with Gasteiger partial charge in [0.2, 0.25) is 12.7 Å². The zero-order valence-corrected chi connectivity index (χ0v) is 15.0. The molecule has 1 aliphatic rings. The predicted molar refractivity (Wildman–Crippen MR) is 96.9 cm³/mol. The van der Waals surface area contributed by atoms with Crippen LogP contribution in [0.1, 0.15) is 35.3 Å². The minimum absolute atomic E-state index is 0.0313. The van der Waals surface area contributed by atoms with E-state index >= 15 is 0 Å². The first-order valence-corrected chi connectivity index (χ1v) is 8.58. The van der Waals surface area contributed by atoms with Gasteiger partial charge in [0.25, 0.3) is 5.91 Å². The first kappa shape index (κ1) is 17.8. The topological polar surface area (TPSA) is 67.9 Å². The van der Waals surface area contributed by atoms with Crippen molar-refractivity contribution in [1.82, 2.24) is 10.2 Å². The molecule has 6 heteroatoms. The number of nitrogens with one attached hydrogen (secondary N) is 1. The second kappa shape index (κ2) is 7.91. The second-order valence-electron chi connectivity index (χ2n) is 6.11. The summed E-state index contributed by atoms with van der Waals surface area (Å²) in [6, 6.07) is 13.0. The smallest absolute Gasteiger partial charge is 0.254 e. The monoisotopic (exact) mass is 354 g/mol. The zero-order valence-electron chi connectivity index (χ0n) is 15.0. The Morgan fingerprint density at radius 2 is 1.73 bits per heavy atom. The number of benzene rings is 2. The fraction of sp³-hybridized carbons (Fsp3) is 0.300. The number of ether oxygens (including phenoxy) is 2. The molecule has 1 heterocycles. The van der Waals surface area contributed by atoms with Gasteiger partial charge in [-0.3, -0.25) is 9.59 Å². The van der Waals surface area contributed by atoms with Crippen LogP contribution in [-0.2, 0) is 17.9 Å². The van der Waals surface area contributed by atoms with Crippen LogP contribution in [0.4, 0.5) is 0 Å². The highest BCUT2D eigenvalue weighted by Gasteiger charge is 2.17. The molecule has 0 radical (unpaired) electrons. The van der Waals surface area contributed by atoms with Crippen molar-refractivity contribution in [1.29, 1.82) is 0 Å². The van der Waals surface area contributed by atoms with Gasteiger partial charge in [0.1, 0.15) is 0 Å². The van der Waals surface area contributed by atoms with E-state index in [1.807, 2.05) is 37.3 Å². The third-order valence-corrected chi connectivity index (χ3v) is 4.22. The van der Waals surface area contributed by atoms with Crippen molar-refractivity contribution in [3.05, 3.63) is 59.2 Å². The Balaban J connectivity index is 1.67. The van der Waals surface area contributed by atoms with Crippen molar-refractivity contribution < 1.29 is 19.1 Å². The molecule has 1 N–H and O–H groups in total. The predicted octanol–water partition coefficient (Wildman–Crippen LogP) is 2.71. The van der Waals surface area contributed by atoms with Gasteiger partial charge in [-0.1, -0.05) is 18.2 Å². The number of fused-ring (bicyclic) bond motifs is 1. The number of amides is 2. The third kappa shape index (κ3) is 4.14. The number of carbonyl (C=O) groups excluding carboxylic acids is 2. The maximum atomic E-state index is 12.8. The molecule has 136 valence electrons. The van der Waals surface area contributed by atoms with E-state index in [1.54, 1.807) is 17.0 Å². The molecule has 0 fully saturated rings. The van der Waals surface area contributed by atoms with Crippen LogP contribution in [0.15, 0.2) is 42.5 Å². The average molecular weight is 354 g/mol. The van der Waals surface area contributed by atoms with Crippen molar-refractivity contribution >= 4 is 11.8 Å². The second-order valence-corrected chi connectivity index (χ2v) is 6.11. The number of carbonyl (C=O) groups is 2. The number of hydrogen-bond donors (Lipinski definition) is 1. The van der Waals surface area contributed by atoms with E-state index in [-0.39, 0.29) is 18.6 Å². The highest BCUT2D eigenvalue weighted by Crippen LogP contribution is 2.32. The van der Waals surface area contributed by atoms with E-state index in [0.29, 0.717) is 30.9 Å². The van der Waals surface area contributed by atoms with Crippen LogP contribution in [0.25, 0.3) is 0 Å². The van der Waals surface area contributed by atoms with Crippen LogP contribution in [0, 0.1) is 0 Å². The van der Waals surface area contributed by atoms with Gasteiger partial charge in [-0.15, -0.1) is 0 Å². The van der Waals surface area contributed by atoms with Crippen LogP contribution in [-0.4, -0.2) is 30.1 Å². The van der Waals surface area contributed by atoms with Gasteiger partial charge in [-0.2, -0.15) is 0 Å². The summed E-state index contributed by atoms with van der Waals surface area (Å²) in [6.45, 7) is 5.22. The molecular weight excluding hydrogens is 332 g/mol. The van der Waals surface area contributed by atoms with Gasteiger partial charge in [0.15, 0.2) is 11.5 Å². The lowest BCUT2D eigenvalue weighted by molar-refractivity contribution is -0.119. The third-order valence-electron chi connectivity index (χ3n) is 4.22. The fourth-order valence-corrected chi connectivity index (χ4v) is 2.76. The lowest BCUT2D eigenvalue weighted by Gasteiger charge is -2.21. The zero-order chi connectivity index (χ0) is 18.5. The SMILES string of the molecule is CCN(Cc1ccc2c(c1)OCO2)C(=O)c1ccc(CNC(C)=O)cc1. The van der Waals surface area contributed by atoms with E-state index in [2.05, 4.69) is 5.32 Å². The van der Waals surface area contributed by atoms with Crippen molar-refractivity contribution in [2.45, 2.75) is 26.9 Å². The first-order chi connectivity index (χ1) is 12.6. The summed E-state index contributed by atoms with van der Waals surface area (Å²) < 4.78 is 10.7. The lowest BCUT2D eigenvalue weighted by Crippen LogP contribution is -2.30. The van der Waals surface area contributed by atoms with Crippen LogP contribution >= 0.6 is 0 Å². The number of rotatable bonds is 6. The molecule has 3 rings (SSSR count). The highest BCUT2D eigenvalue weighted by molar-refractivity contribution is 5.94. The van der Waals surface area contributed by atoms with Crippen LogP contribution in [0.2, 0.25) is 0 Å². The Labute approximate surface area is 152 Å². The standard InChI is InChI=1S/C20H22N2O4/c1-3-22(12-16-6-9-18-19(10-16)26-13-25-18)20(24)17-7-4-15(5-8-17)11-21-14(2)23/h4-10H,3,11-13H2,1-2H3,(H,21,23). The molecule has 0 atom stereocenters. The van der Waals surface area contributed by atoms with E-state index in [0.717, 1.165) is 16.9 Å². The van der Waals surface area contributed by atoms with Crippen LogP contribution in [0.5, 0.6) is 11.5 Å². The van der Waals surface area contributed by atoms with E-state index in [9.17, 15) is 9.59 Å². The average Bonchev–Trinajstić information content (AvgIpc) is 3.12. The number of nitrogens with zero attached hydrogens (tertiary/aromatic N) is 1. The Morgan fingerprint density at radius 1 is 1.04 bits per heavy atom. The maximum absolute atomic E-state index is 12.8. The summed E-state index contributed by atoms with van der Waals surface area (Å²) in [5, 5.41) is 2.74. The summed E-state index contributed by atoms with van der Waals surface area (Å²) in [7, 11) is 0. The van der Waals surface area contributed by atoms with Gasteiger partial charge in [-0.25, -0.2) is 0 Å². The van der Waals surface area contributed by atoms with Crippen LogP contribution < -0.4 is 14.8 Å². The lowest BCUT2D eigenvalue weighted by atomic mass is 10.1. The Bertz CT molecular complexity index is 802. The molecule has 0 spiro atoms. The van der Waals surface area contributed by atoms with Gasteiger partial charge < -0.3 is 19.7 Å². The summed E-state index contributed by atoms with van der Waals surface area (Å²) in [5.41, 5.74) is 2.57. The van der Waals surface area contributed by atoms with Gasteiger partial charge >= 0.3 is 0 Å². The molecule has 0 bridgehead atoms. The summed E-state index contributed by atoms with van der Waals surface area (Å²) >= 11 is 0. The summed E-state index contributed by atoms with van der Waals surface area (Å²) in [6.07, 6.45) is 0. The molecule has 2 aromatic rings. The Hall–Kier alpha value is -3.02. The van der Waals surface area contributed by atoms with Crippen molar-refractivity contribution in [2.24, 2.45) is 0 Å². The quantitative estimate of drug-likeness (QED) is 0.866. The molecule has 0 saturated heterocycles. The van der Waals surface area contributed by atoms with Gasteiger partial charge in [0, 0.05) is 32.1 Å². The molecule has 6 nitrogen and oxygen atoms in total. The van der Waals surface area contributed by atoms with Gasteiger partial charge in [0.05, 0.1) is 0 Å². The molecule has 1 aliphatic heterocycles. The van der Waals surface area contributed by atoms with E-state index in [1.165, 1.54) is 6.92 Å². The molecule has 0 aromatic heterocycles. The van der Waals surface area contributed by atoms with Crippen molar-refractivity contribution in [3.63, 3.8) is 0 Å². The Kier molecular flexibility index (Phi) is 5.41. The molecular formula is C20H22N2O4. The largest absolute Gasteiger partial charge is 0.454 e. The Morgan fingerprint density at radius 3 is 2.42 bits per heavy atom. The van der Waals surface area contributed by atoms with E-state index < -0.39 is 0 Å². The maximum Gasteiger partial charge on any atom is 0.254 e. The summed E-state index contributed by atoms with van der Waals surface area (Å²) in [4.78, 5) is 25.5. The highest BCUT2D eigenvalue weighted by atomic mass is 16.7. The normalized spacial score (nSPS) is 11.9. The fourth-order valence-electron chi connectivity index (χ4n) is 2.76. The minimum Gasteiger partial charge on any atom is -0.454 e. The van der Waals surface area contributed by atoms with E-state index in [4.69, 9.17) is 9.47 Å². The van der Waals surface area contributed by atoms with Crippen LogP contribution in [0.3, 0.4) is 0 Å². The molecule has 0 saturated carbocycles. The summed E-state index contributed by atoms with van der Waals surface area (Å²) in [5.74, 6) is 1.34.